The molecule has 16 heavy (non-hydrogen) atoms. The van der Waals surface area contributed by atoms with Crippen LogP contribution in [0.15, 0.2) is 0 Å². The summed E-state index contributed by atoms with van der Waals surface area (Å²) < 4.78 is 0. The summed E-state index contributed by atoms with van der Waals surface area (Å²) in [5, 5.41) is 11.4. The molecule has 0 radical (unpaired) electrons. The van der Waals surface area contributed by atoms with Crippen molar-refractivity contribution in [2.75, 3.05) is 19.7 Å². The van der Waals surface area contributed by atoms with Gasteiger partial charge in [0.25, 0.3) is 0 Å². The van der Waals surface area contributed by atoms with Crippen molar-refractivity contribution in [3.05, 3.63) is 0 Å². The van der Waals surface area contributed by atoms with Gasteiger partial charge in [0.05, 0.1) is 0 Å². The van der Waals surface area contributed by atoms with Crippen LogP contribution in [0.25, 0.3) is 0 Å². The number of nitrogens with two attached hydrogens (primary N) is 1. The number of unbranched alkanes of at least 4 members (excludes halogenated alkanes) is 1. The number of carbonyl (C=O) groups is 1. The molecule has 0 spiro atoms. The molecular weight excluding hydrogens is 204 g/mol. The van der Waals surface area contributed by atoms with Crippen LogP contribution >= 0.6 is 0 Å². The Morgan fingerprint density at radius 1 is 1.31 bits per heavy atom. The van der Waals surface area contributed by atoms with Crippen LogP contribution in [0.4, 0.5) is 0 Å². The number of carbonyl (C=O) groups excluding carboxylic acids is 1. The lowest BCUT2D eigenvalue weighted by Gasteiger charge is -2.23. The maximum Gasteiger partial charge on any atom is 0.220 e. The van der Waals surface area contributed by atoms with Crippen LogP contribution in [0.2, 0.25) is 0 Å². The van der Waals surface area contributed by atoms with Crippen LogP contribution in [-0.4, -0.2) is 30.7 Å². The van der Waals surface area contributed by atoms with Crippen LogP contribution in [-0.2, 0) is 4.79 Å². The standard InChI is InChI=1S/C12H26N2O2/c1-12(2,7-8-13)6-5-11(16)14-9-3-4-10-15/h15H,3-10,13H2,1-2H3,(H,14,16). The Morgan fingerprint density at radius 2 is 2.00 bits per heavy atom. The lowest BCUT2D eigenvalue weighted by atomic mass is 9.84. The molecule has 4 nitrogen and oxygen atoms in total. The smallest absolute Gasteiger partial charge is 0.220 e. The monoisotopic (exact) mass is 230 g/mol. The van der Waals surface area contributed by atoms with Gasteiger partial charge in [-0.15, -0.1) is 0 Å². The summed E-state index contributed by atoms with van der Waals surface area (Å²) in [6.45, 7) is 5.80. The first-order valence-corrected chi connectivity index (χ1v) is 6.09. The first-order chi connectivity index (χ1) is 7.52. The molecule has 0 aromatic carbocycles. The number of hydrogen-bond acceptors (Lipinski definition) is 3. The highest BCUT2D eigenvalue weighted by Crippen LogP contribution is 2.25. The summed E-state index contributed by atoms with van der Waals surface area (Å²) in [7, 11) is 0. The fraction of sp³-hybridized carbons (Fsp3) is 0.917. The predicted molar refractivity (Wildman–Crippen MR) is 66.0 cm³/mol. The lowest BCUT2D eigenvalue weighted by molar-refractivity contribution is -0.121. The zero-order valence-electron chi connectivity index (χ0n) is 10.6. The van der Waals surface area contributed by atoms with E-state index in [0.717, 1.165) is 25.7 Å². The Kier molecular flexibility index (Phi) is 8.21. The number of aliphatic hydroxyl groups is 1. The zero-order chi connectivity index (χ0) is 12.4. The third-order valence-electron chi connectivity index (χ3n) is 2.76. The van der Waals surface area contributed by atoms with Crippen molar-refractivity contribution in [1.82, 2.24) is 5.32 Å². The van der Waals surface area contributed by atoms with Crippen molar-refractivity contribution in [3.63, 3.8) is 0 Å². The van der Waals surface area contributed by atoms with Crippen molar-refractivity contribution in [3.8, 4) is 0 Å². The molecule has 0 aliphatic carbocycles. The molecule has 0 aliphatic rings. The highest BCUT2D eigenvalue weighted by atomic mass is 16.2. The van der Waals surface area contributed by atoms with Gasteiger partial charge in [0.15, 0.2) is 0 Å². The second-order valence-corrected chi connectivity index (χ2v) is 4.98. The van der Waals surface area contributed by atoms with Gasteiger partial charge in [-0.3, -0.25) is 4.79 Å². The average molecular weight is 230 g/mol. The van der Waals surface area contributed by atoms with Crippen molar-refractivity contribution in [1.29, 1.82) is 0 Å². The molecule has 0 bridgehead atoms. The van der Waals surface area contributed by atoms with E-state index in [1.54, 1.807) is 0 Å². The van der Waals surface area contributed by atoms with Gasteiger partial charge < -0.3 is 16.2 Å². The normalized spacial score (nSPS) is 11.5. The first-order valence-electron chi connectivity index (χ1n) is 6.09. The average Bonchev–Trinajstić information content (AvgIpc) is 2.22. The highest BCUT2D eigenvalue weighted by molar-refractivity contribution is 5.75. The lowest BCUT2D eigenvalue weighted by Crippen LogP contribution is -2.26. The quantitative estimate of drug-likeness (QED) is 0.518. The van der Waals surface area contributed by atoms with E-state index in [4.69, 9.17) is 10.8 Å². The van der Waals surface area contributed by atoms with Gasteiger partial charge in [-0.2, -0.15) is 0 Å². The molecule has 0 fully saturated rings. The van der Waals surface area contributed by atoms with E-state index in [0.29, 0.717) is 19.5 Å². The fourth-order valence-electron chi connectivity index (χ4n) is 1.52. The van der Waals surface area contributed by atoms with Crippen molar-refractivity contribution in [2.45, 2.75) is 46.0 Å². The summed E-state index contributed by atoms with van der Waals surface area (Å²) in [6.07, 6.45) is 3.97. The Balaban J connectivity index is 3.56. The predicted octanol–water partition coefficient (Wildman–Crippen LogP) is 1.03. The van der Waals surface area contributed by atoms with E-state index in [1.165, 1.54) is 0 Å². The molecule has 0 aromatic heterocycles. The minimum absolute atomic E-state index is 0.100. The Labute approximate surface area is 98.6 Å². The Bertz CT molecular complexity index is 193. The van der Waals surface area contributed by atoms with Gasteiger partial charge in [0.1, 0.15) is 0 Å². The van der Waals surface area contributed by atoms with Crippen LogP contribution < -0.4 is 11.1 Å². The topological polar surface area (TPSA) is 75.4 Å². The number of amides is 1. The maximum absolute atomic E-state index is 11.5. The van der Waals surface area contributed by atoms with Gasteiger partial charge in [-0.05, 0) is 37.6 Å². The summed E-state index contributed by atoms with van der Waals surface area (Å²) in [6, 6.07) is 0. The van der Waals surface area contributed by atoms with E-state index >= 15 is 0 Å². The number of rotatable bonds is 9. The molecule has 0 rings (SSSR count). The highest BCUT2D eigenvalue weighted by Gasteiger charge is 2.17. The number of hydrogen-bond donors (Lipinski definition) is 3. The molecule has 0 saturated heterocycles. The van der Waals surface area contributed by atoms with Gasteiger partial charge >= 0.3 is 0 Å². The van der Waals surface area contributed by atoms with Crippen molar-refractivity contribution in [2.24, 2.45) is 11.1 Å². The molecule has 0 heterocycles. The van der Waals surface area contributed by atoms with Crippen molar-refractivity contribution >= 4 is 5.91 Å². The first kappa shape index (κ1) is 15.4. The van der Waals surface area contributed by atoms with Crippen LogP contribution in [0.3, 0.4) is 0 Å². The second kappa shape index (κ2) is 8.53. The third kappa shape index (κ3) is 8.68. The number of aliphatic hydroxyl groups excluding tert-OH is 1. The van der Waals surface area contributed by atoms with E-state index in [1.807, 2.05) is 0 Å². The molecule has 0 aliphatic heterocycles. The van der Waals surface area contributed by atoms with E-state index < -0.39 is 0 Å². The molecule has 96 valence electrons. The molecule has 0 atom stereocenters. The van der Waals surface area contributed by atoms with E-state index in [2.05, 4.69) is 19.2 Å². The van der Waals surface area contributed by atoms with Crippen molar-refractivity contribution < 1.29 is 9.90 Å². The minimum atomic E-state index is 0.100. The van der Waals surface area contributed by atoms with E-state index in [9.17, 15) is 4.79 Å². The molecule has 1 amide bonds. The van der Waals surface area contributed by atoms with Gasteiger partial charge in [0, 0.05) is 19.6 Å². The second-order valence-electron chi connectivity index (χ2n) is 4.98. The molecule has 4 N–H and O–H groups in total. The van der Waals surface area contributed by atoms with Crippen LogP contribution in [0.1, 0.15) is 46.0 Å². The number of nitrogens with one attached hydrogen (secondary N) is 1. The van der Waals surface area contributed by atoms with E-state index in [-0.39, 0.29) is 17.9 Å². The molecule has 0 saturated carbocycles. The third-order valence-corrected chi connectivity index (χ3v) is 2.76. The van der Waals surface area contributed by atoms with Gasteiger partial charge in [-0.25, -0.2) is 0 Å². The van der Waals surface area contributed by atoms with Gasteiger partial charge in [-0.1, -0.05) is 13.8 Å². The molecule has 0 aromatic rings. The van der Waals surface area contributed by atoms with Crippen LogP contribution in [0.5, 0.6) is 0 Å². The van der Waals surface area contributed by atoms with Crippen LogP contribution in [0, 0.1) is 5.41 Å². The fourth-order valence-corrected chi connectivity index (χ4v) is 1.52. The summed E-state index contributed by atoms with van der Waals surface area (Å²) in [5.74, 6) is 0.100. The molecule has 4 heteroatoms. The maximum atomic E-state index is 11.5. The van der Waals surface area contributed by atoms with Gasteiger partial charge in [0.2, 0.25) is 5.91 Å². The molecule has 0 unspecified atom stereocenters. The molecular formula is C12H26N2O2. The zero-order valence-corrected chi connectivity index (χ0v) is 10.6. The summed E-state index contributed by atoms with van der Waals surface area (Å²) in [5.41, 5.74) is 5.66. The summed E-state index contributed by atoms with van der Waals surface area (Å²) >= 11 is 0. The SMILES string of the molecule is CC(C)(CCN)CCC(=O)NCCCCO. The minimum Gasteiger partial charge on any atom is -0.396 e. The largest absolute Gasteiger partial charge is 0.396 e. The summed E-state index contributed by atoms with van der Waals surface area (Å²) in [4.78, 5) is 11.5. The Morgan fingerprint density at radius 3 is 2.56 bits per heavy atom. The Hall–Kier alpha value is -0.610.